The van der Waals surface area contributed by atoms with E-state index in [-0.39, 0.29) is 30.3 Å². The van der Waals surface area contributed by atoms with Crippen LogP contribution in [0.25, 0.3) is 0 Å². The van der Waals surface area contributed by atoms with Crippen LogP contribution in [0.15, 0.2) is 30.4 Å². The maximum atomic E-state index is 10.8. The van der Waals surface area contributed by atoms with E-state index in [1.165, 1.54) is 0 Å². The molecule has 1 aromatic carbocycles. The molecule has 5 nitrogen and oxygen atoms in total. The number of carboxylic acids is 1. The molecule has 0 radical (unpaired) electrons. The maximum Gasteiger partial charge on any atom is 0.303 e. The monoisotopic (exact) mass is 398 g/mol. The molecule has 156 valence electrons. The number of ether oxygens (including phenoxy) is 1. The summed E-state index contributed by atoms with van der Waals surface area (Å²) in [7, 11) is 0. The number of aryl methyl sites for hydroxylation is 1. The highest BCUT2D eigenvalue weighted by Crippen LogP contribution is 2.52. The largest absolute Gasteiger partial charge is 0.489 e. The summed E-state index contributed by atoms with van der Waals surface area (Å²) in [6.07, 6.45) is 5.07. The molecule has 3 N–H and O–H groups in total. The Morgan fingerprint density at radius 3 is 2.93 bits per heavy atom. The number of carboxylic acid groups (broad SMARTS) is 1. The van der Waals surface area contributed by atoms with E-state index in [1.54, 1.807) is 13.0 Å². The van der Waals surface area contributed by atoms with Gasteiger partial charge in [-0.05, 0) is 31.2 Å². The van der Waals surface area contributed by atoms with Crippen LogP contribution in [0.2, 0.25) is 0 Å². The molecule has 5 heteroatoms. The molecular formula is C24H30O5. The van der Waals surface area contributed by atoms with Crippen molar-refractivity contribution in [3.63, 3.8) is 0 Å². The molecule has 1 aromatic rings. The molecule has 0 saturated heterocycles. The lowest BCUT2D eigenvalue weighted by atomic mass is 9.86. The lowest BCUT2D eigenvalue weighted by Crippen LogP contribution is -2.19. The number of aliphatic carboxylic acids is 1. The highest BCUT2D eigenvalue weighted by molar-refractivity contribution is 5.66. The van der Waals surface area contributed by atoms with Crippen molar-refractivity contribution in [3.05, 3.63) is 41.5 Å². The summed E-state index contributed by atoms with van der Waals surface area (Å²) in [5, 5.41) is 29.9. The van der Waals surface area contributed by atoms with Crippen LogP contribution in [-0.2, 0) is 11.2 Å². The van der Waals surface area contributed by atoms with Crippen LogP contribution < -0.4 is 4.74 Å². The third-order valence-electron chi connectivity index (χ3n) is 6.04. The maximum absolute atomic E-state index is 10.8. The Balaban J connectivity index is 1.75. The molecule has 1 heterocycles. The SMILES string of the molecule is CC#CCC(C)[C@@H](O)/C=C/[C@@H]1[C@H]2c3cccc(CCCC(=O)O)c3O[C@H]2C[C@H]1O. The van der Waals surface area contributed by atoms with Crippen molar-refractivity contribution in [2.24, 2.45) is 11.8 Å². The van der Waals surface area contributed by atoms with Gasteiger partial charge in [0.15, 0.2) is 0 Å². The van der Waals surface area contributed by atoms with Gasteiger partial charge in [0.05, 0.1) is 12.2 Å². The zero-order chi connectivity index (χ0) is 21.0. The van der Waals surface area contributed by atoms with Crippen molar-refractivity contribution < 1.29 is 24.9 Å². The van der Waals surface area contributed by atoms with Gasteiger partial charge in [0.2, 0.25) is 0 Å². The second kappa shape index (κ2) is 9.47. The fraction of sp³-hybridized carbons (Fsp3) is 0.542. The zero-order valence-corrected chi connectivity index (χ0v) is 17.0. The van der Waals surface area contributed by atoms with E-state index < -0.39 is 18.2 Å². The Kier molecular flexibility index (Phi) is 7.00. The van der Waals surface area contributed by atoms with E-state index >= 15 is 0 Å². The van der Waals surface area contributed by atoms with E-state index in [1.807, 2.05) is 31.2 Å². The first kappa shape index (κ1) is 21.4. The lowest BCUT2D eigenvalue weighted by molar-refractivity contribution is -0.137. The van der Waals surface area contributed by atoms with E-state index in [2.05, 4.69) is 11.8 Å². The van der Waals surface area contributed by atoms with Gasteiger partial charge in [-0.2, -0.15) is 0 Å². The van der Waals surface area contributed by atoms with Crippen LogP contribution >= 0.6 is 0 Å². The number of para-hydroxylation sites is 1. The van der Waals surface area contributed by atoms with E-state index in [0.717, 1.165) is 16.9 Å². The molecule has 1 unspecified atom stereocenters. The lowest BCUT2D eigenvalue weighted by Gasteiger charge is -2.19. The van der Waals surface area contributed by atoms with Gasteiger partial charge in [0.25, 0.3) is 0 Å². The highest BCUT2D eigenvalue weighted by Gasteiger charge is 2.48. The minimum absolute atomic E-state index is 0.0287. The van der Waals surface area contributed by atoms with Crippen LogP contribution in [0.3, 0.4) is 0 Å². The van der Waals surface area contributed by atoms with Crippen LogP contribution in [0.4, 0.5) is 0 Å². The average molecular weight is 398 g/mol. The summed E-state index contributed by atoms with van der Waals surface area (Å²) >= 11 is 0. The summed E-state index contributed by atoms with van der Waals surface area (Å²) in [6, 6.07) is 6.01. The predicted octanol–water partition coefficient (Wildman–Crippen LogP) is 3.29. The summed E-state index contributed by atoms with van der Waals surface area (Å²) in [5.41, 5.74) is 2.11. The fourth-order valence-electron chi connectivity index (χ4n) is 4.41. The molecular weight excluding hydrogens is 368 g/mol. The number of carbonyl (C=O) groups is 1. The Morgan fingerprint density at radius 2 is 2.21 bits per heavy atom. The third-order valence-corrected chi connectivity index (χ3v) is 6.04. The van der Waals surface area contributed by atoms with Crippen LogP contribution in [-0.4, -0.2) is 39.6 Å². The molecule has 29 heavy (non-hydrogen) atoms. The van der Waals surface area contributed by atoms with Gasteiger partial charge in [0.1, 0.15) is 11.9 Å². The number of rotatable bonds is 8. The second-order valence-corrected chi connectivity index (χ2v) is 8.13. The first-order valence-electron chi connectivity index (χ1n) is 10.4. The Bertz CT molecular complexity index is 818. The first-order valence-corrected chi connectivity index (χ1v) is 10.4. The van der Waals surface area contributed by atoms with E-state index in [0.29, 0.717) is 25.7 Å². The van der Waals surface area contributed by atoms with Crippen molar-refractivity contribution >= 4 is 5.97 Å². The van der Waals surface area contributed by atoms with Gasteiger partial charge in [0, 0.05) is 36.7 Å². The summed E-state index contributed by atoms with van der Waals surface area (Å²) < 4.78 is 6.21. The van der Waals surface area contributed by atoms with Gasteiger partial charge < -0.3 is 20.1 Å². The average Bonchev–Trinajstić information content (AvgIpc) is 3.19. The molecule has 1 saturated carbocycles. The van der Waals surface area contributed by atoms with Gasteiger partial charge in [-0.15, -0.1) is 11.8 Å². The summed E-state index contributed by atoms with van der Waals surface area (Å²) in [5.74, 6) is 5.87. The van der Waals surface area contributed by atoms with E-state index in [4.69, 9.17) is 9.84 Å². The number of aliphatic hydroxyl groups is 2. The van der Waals surface area contributed by atoms with Gasteiger partial charge in [-0.1, -0.05) is 37.3 Å². The first-order chi connectivity index (χ1) is 13.9. The number of hydrogen-bond donors (Lipinski definition) is 3. The number of aliphatic hydroxyl groups excluding tert-OH is 2. The standard InChI is InChI=1S/C24H30O5/c1-3-4-7-15(2)19(25)13-12-17-20(26)14-21-23(17)18-10-5-8-16(24(18)29-21)9-6-11-22(27)28/h5,8,10,12-13,15,17,19-21,23,25-26H,6-7,9,11,14H2,1-2H3,(H,27,28)/b13-12+/t15?,17-,19-,20+,21-,23-/m0/s1. The molecule has 0 amide bonds. The topological polar surface area (TPSA) is 87.0 Å². The molecule has 1 aliphatic carbocycles. The number of benzene rings is 1. The van der Waals surface area contributed by atoms with Crippen LogP contribution in [0.5, 0.6) is 5.75 Å². The Labute approximate surface area is 172 Å². The Hall–Kier alpha value is -2.29. The van der Waals surface area contributed by atoms with Crippen LogP contribution in [0, 0.1) is 23.7 Å². The number of fused-ring (bicyclic) bond motifs is 3. The van der Waals surface area contributed by atoms with Gasteiger partial charge in [-0.3, -0.25) is 4.79 Å². The normalized spacial score (nSPS) is 26.9. The molecule has 1 aliphatic heterocycles. The minimum atomic E-state index is -0.790. The van der Waals surface area contributed by atoms with Crippen molar-refractivity contribution in [2.45, 2.75) is 70.2 Å². The molecule has 0 aromatic heterocycles. The minimum Gasteiger partial charge on any atom is -0.489 e. The molecule has 6 atom stereocenters. The van der Waals surface area contributed by atoms with E-state index in [9.17, 15) is 15.0 Å². The molecule has 0 bridgehead atoms. The third kappa shape index (κ3) is 4.83. The Morgan fingerprint density at radius 1 is 1.41 bits per heavy atom. The van der Waals surface area contributed by atoms with Crippen molar-refractivity contribution in [1.29, 1.82) is 0 Å². The summed E-state index contributed by atoms with van der Waals surface area (Å²) in [4.78, 5) is 10.8. The molecule has 0 spiro atoms. The van der Waals surface area contributed by atoms with Gasteiger partial charge in [-0.25, -0.2) is 0 Å². The van der Waals surface area contributed by atoms with Crippen LogP contribution in [0.1, 0.15) is 56.6 Å². The van der Waals surface area contributed by atoms with Gasteiger partial charge >= 0.3 is 5.97 Å². The van der Waals surface area contributed by atoms with Crippen molar-refractivity contribution in [2.75, 3.05) is 0 Å². The molecule has 2 aliphatic rings. The highest BCUT2D eigenvalue weighted by atomic mass is 16.5. The fourth-order valence-corrected chi connectivity index (χ4v) is 4.41. The van der Waals surface area contributed by atoms with Crippen molar-refractivity contribution in [3.8, 4) is 17.6 Å². The summed E-state index contributed by atoms with van der Waals surface area (Å²) in [6.45, 7) is 3.75. The number of hydrogen-bond acceptors (Lipinski definition) is 4. The quantitative estimate of drug-likeness (QED) is 0.462. The smallest absolute Gasteiger partial charge is 0.303 e. The van der Waals surface area contributed by atoms with Crippen molar-refractivity contribution in [1.82, 2.24) is 0 Å². The molecule has 1 fully saturated rings. The predicted molar refractivity (Wildman–Crippen MR) is 111 cm³/mol. The second-order valence-electron chi connectivity index (χ2n) is 8.13. The zero-order valence-electron chi connectivity index (χ0n) is 17.0. The molecule has 3 rings (SSSR count).